The first-order chi connectivity index (χ1) is 8.74. The van der Waals surface area contributed by atoms with E-state index < -0.39 is 5.97 Å². The number of benzene rings is 1. The minimum absolute atomic E-state index is 0.151. The number of aromatic carboxylic acids is 1. The molecular weight excluding hydrogens is 234 g/mol. The summed E-state index contributed by atoms with van der Waals surface area (Å²) in [6.45, 7) is 1.48. The highest BCUT2D eigenvalue weighted by Gasteiger charge is 2.21. The van der Waals surface area contributed by atoms with Crippen molar-refractivity contribution in [3.63, 3.8) is 0 Å². The van der Waals surface area contributed by atoms with Gasteiger partial charge in [0.25, 0.3) is 0 Å². The van der Waals surface area contributed by atoms with Gasteiger partial charge in [-0.2, -0.15) is 0 Å². The molecule has 2 heterocycles. The lowest BCUT2D eigenvalue weighted by Gasteiger charge is -2.26. The summed E-state index contributed by atoms with van der Waals surface area (Å²) < 4.78 is 9.91. The van der Waals surface area contributed by atoms with Crippen molar-refractivity contribution in [2.24, 2.45) is 0 Å². The van der Waals surface area contributed by atoms with Crippen LogP contribution in [0.4, 0.5) is 0 Å². The Balaban J connectivity index is 1.92. The second-order valence-electron chi connectivity index (χ2n) is 4.24. The van der Waals surface area contributed by atoms with E-state index in [1.54, 1.807) is 0 Å². The minimum Gasteiger partial charge on any atom is -0.475 e. The van der Waals surface area contributed by atoms with Crippen molar-refractivity contribution in [1.82, 2.24) is 5.16 Å². The van der Waals surface area contributed by atoms with Crippen molar-refractivity contribution in [2.45, 2.75) is 5.92 Å². The molecule has 0 spiro atoms. The average molecular weight is 245 g/mol. The summed E-state index contributed by atoms with van der Waals surface area (Å²) in [6.07, 6.45) is 0. The third-order valence-corrected chi connectivity index (χ3v) is 3.01. The van der Waals surface area contributed by atoms with Crippen LogP contribution in [0.25, 0.3) is 11.3 Å². The maximum absolute atomic E-state index is 10.7. The molecule has 18 heavy (non-hydrogen) atoms. The van der Waals surface area contributed by atoms with Crippen LogP contribution < -0.4 is 0 Å². The zero-order chi connectivity index (χ0) is 12.5. The van der Waals surface area contributed by atoms with Crippen LogP contribution in [0.2, 0.25) is 0 Å². The highest BCUT2D eigenvalue weighted by Crippen LogP contribution is 2.28. The van der Waals surface area contributed by atoms with E-state index in [4.69, 9.17) is 14.4 Å². The van der Waals surface area contributed by atoms with Gasteiger partial charge in [0, 0.05) is 17.5 Å². The van der Waals surface area contributed by atoms with E-state index in [1.807, 2.05) is 24.3 Å². The first-order valence-corrected chi connectivity index (χ1v) is 5.62. The number of nitrogens with zero attached hydrogens (tertiary/aromatic N) is 1. The van der Waals surface area contributed by atoms with Crippen LogP contribution in [0.3, 0.4) is 0 Å². The lowest BCUT2D eigenvalue weighted by molar-refractivity contribution is 0.00844. The largest absolute Gasteiger partial charge is 0.475 e. The Morgan fingerprint density at radius 3 is 2.78 bits per heavy atom. The first-order valence-electron chi connectivity index (χ1n) is 5.62. The van der Waals surface area contributed by atoms with Gasteiger partial charge in [0.1, 0.15) is 5.69 Å². The van der Waals surface area contributed by atoms with Crippen LogP contribution in [0.15, 0.2) is 34.9 Å². The van der Waals surface area contributed by atoms with Gasteiger partial charge in [0.2, 0.25) is 5.76 Å². The van der Waals surface area contributed by atoms with Gasteiger partial charge >= 0.3 is 5.97 Å². The molecular formula is C13H11NO4. The molecule has 1 saturated heterocycles. The molecule has 1 aromatic carbocycles. The minimum atomic E-state index is -1.11. The molecule has 0 bridgehead atoms. The van der Waals surface area contributed by atoms with E-state index in [9.17, 15) is 4.79 Å². The van der Waals surface area contributed by atoms with Crippen LogP contribution in [-0.2, 0) is 4.74 Å². The second kappa shape index (κ2) is 4.27. The summed E-state index contributed by atoms with van der Waals surface area (Å²) in [6, 6.07) is 9.27. The number of carboxylic acids is 1. The Morgan fingerprint density at radius 1 is 1.33 bits per heavy atom. The van der Waals surface area contributed by atoms with Gasteiger partial charge in [0.15, 0.2) is 0 Å². The number of carbonyl (C=O) groups is 1. The lowest BCUT2D eigenvalue weighted by Crippen LogP contribution is -2.24. The molecule has 0 amide bonds. The van der Waals surface area contributed by atoms with Crippen molar-refractivity contribution in [3.8, 4) is 11.3 Å². The summed E-state index contributed by atoms with van der Waals surface area (Å²) >= 11 is 0. The molecule has 1 aromatic heterocycles. The van der Waals surface area contributed by atoms with Crippen LogP contribution in [0.5, 0.6) is 0 Å². The second-order valence-corrected chi connectivity index (χ2v) is 4.24. The van der Waals surface area contributed by atoms with Gasteiger partial charge in [-0.1, -0.05) is 23.4 Å². The SMILES string of the molecule is O=C(O)c1cc(-c2cccc(C3COC3)c2)no1. The van der Waals surface area contributed by atoms with Gasteiger partial charge in [-0.15, -0.1) is 0 Å². The number of ether oxygens (including phenoxy) is 1. The van der Waals surface area contributed by atoms with E-state index in [0.717, 1.165) is 18.8 Å². The van der Waals surface area contributed by atoms with Crippen molar-refractivity contribution in [2.75, 3.05) is 13.2 Å². The van der Waals surface area contributed by atoms with Gasteiger partial charge in [0.05, 0.1) is 13.2 Å². The molecule has 1 aliphatic heterocycles. The van der Waals surface area contributed by atoms with Crippen molar-refractivity contribution >= 4 is 5.97 Å². The van der Waals surface area contributed by atoms with E-state index >= 15 is 0 Å². The summed E-state index contributed by atoms with van der Waals surface area (Å²) in [7, 11) is 0. The molecule has 3 rings (SSSR count). The Labute approximate surface area is 103 Å². The van der Waals surface area contributed by atoms with Crippen molar-refractivity contribution in [1.29, 1.82) is 0 Å². The van der Waals surface area contributed by atoms with Gasteiger partial charge in [-0.3, -0.25) is 0 Å². The standard InChI is InChI=1S/C13H11NO4/c15-13(16)12-5-11(14-18-12)9-3-1-2-8(4-9)10-6-17-7-10/h1-5,10H,6-7H2,(H,15,16). The summed E-state index contributed by atoms with van der Waals surface area (Å²) in [5.74, 6) is -0.838. The van der Waals surface area contributed by atoms with Crippen molar-refractivity contribution < 1.29 is 19.2 Å². The highest BCUT2D eigenvalue weighted by molar-refractivity contribution is 5.85. The maximum Gasteiger partial charge on any atom is 0.374 e. The predicted molar refractivity (Wildman–Crippen MR) is 62.5 cm³/mol. The smallest absolute Gasteiger partial charge is 0.374 e. The topological polar surface area (TPSA) is 72.6 Å². The van der Waals surface area contributed by atoms with Crippen LogP contribution in [0.1, 0.15) is 22.0 Å². The molecule has 92 valence electrons. The number of hydrogen-bond donors (Lipinski definition) is 1. The number of hydrogen-bond acceptors (Lipinski definition) is 4. The molecule has 5 nitrogen and oxygen atoms in total. The molecule has 0 aliphatic carbocycles. The fourth-order valence-corrected chi connectivity index (χ4v) is 1.89. The van der Waals surface area contributed by atoms with Crippen LogP contribution >= 0.6 is 0 Å². The van der Waals surface area contributed by atoms with Gasteiger partial charge in [-0.05, 0) is 11.6 Å². The summed E-state index contributed by atoms with van der Waals surface area (Å²) in [5, 5.41) is 12.5. The molecule has 2 aromatic rings. The zero-order valence-corrected chi connectivity index (χ0v) is 9.50. The van der Waals surface area contributed by atoms with Crippen molar-refractivity contribution in [3.05, 3.63) is 41.7 Å². The molecule has 0 radical (unpaired) electrons. The third kappa shape index (κ3) is 1.89. The van der Waals surface area contributed by atoms with E-state index in [0.29, 0.717) is 11.6 Å². The molecule has 5 heteroatoms. The Morgan fingerprint density at radius 2 is 2.17 bits per heavy atom. The Bertz CT molecular complexity index is 586. The molecule has 1 N–H and O–H groups in total. The zero-order valence-electron chi connectivity index (χ0n) is 9.50. The monoisotopic (exact) mass is 245 g/mol. The fraction of sp³-hybridized carbons (Fsp3) is 0.231. The highest BCUT2D eigenvalue weighted by atomic mass is 16.5. The van der Waals surface area contributed by atoms with Gasteiger partial charge in [-0.25, -0.2) is 4.79 Å². The molecule has 0 unspecified atom stereocenters. The number of rotatable bonds is 3. The predicted octanol–water partition coefficient (Wildman–Crippen LogP) is 2.15. The summed E-state index contributed by atoms with van der Waals surface area (Å²) in [4.78, 5) is 10.7. The summed E-state index contributed by atoms with van der Waals surface area (Å²) in [5.41, 5.74) is 2.57. The lowest BCUT2D eigenvalue weighted by atomic mass is 9.95. The fourth-order valence-electron chi connectivity index (χ4n) is 1.89. The first kappa shape index (κ1) is 11.0. The van der Waals surface area contributed by atoms with E-state index in [-0.39, 0.29) is 5.76 Å². The number of carboxylic acid groups (broad SMARTS) is 1. The molecule has 0 atom stereocenters. The Hall–Kier alpha value is -2.14. The average Bonchev–Trinajstić information content (AvgIpc) is 2.76. The van der Waals surface area contributed by atoms with Gasteiger partial charge < -0.3 is 14.4 Å². The van der Waals surface area contributed by atoms with E-state index in [2.05, 4.69) is 5.16 Å². The quantitative estimate of drug-likeness (QED) is 0.896. The molecule has 1 aliphatic rings. The van der Waals surface area contributed by atoms with Crippen LogP contribution in [0, 0.1) is 0 Å². The third-order valence-electron chi connectivity index (χ3n) is 3.01. The van der Waals surface area contributed by atoms with E-state index in [1.165, 1.54) is 11.6 Å². The Kier molecular flexibility index (Phi) is 2.60. The van der Waals surface area contributed by atoms with Crippen LogP contribution in [-0.4, -0.2) is 29.4 Å². The normalized spacial score (nSPS) is 15.3. The molecule has 0 saturated carbocycles. The molecule has 1 fully saturated rings. The maximum atomic E-state index is 10.7. The number of aromatic nitrogens is 1.